The summed E-state index contributed by atoms with van der Waals surface area (Å²) in [5, 5.41) is 0. The number of nitrogens with zero attached hydrogens (tertiary/aromatic N) is 1. The number of aryl methyl sites for hydroxylation is 1. The number of hydrogen-bond acceptors (Lipinski definition) is 2. The third kappa shape index (κ3) is 2.12. The Morgan fingerprint density at radius 2 is 1.94 bits per heavy atom. The first-order valence-corrected chi connectivity index (χ1v) is 6.56. The molecule has 1 aromatic carbocycles. The van der Waals surface area contributed by atoms with E-state index in [4.69, 9.17) is 4.74 Å². The van der Waals surface area contributed by atoms with Crippen LogP contribution in [0, 0.1) is 6.92 Å². The summed E-state index contributed by atoms with van der Waals surface area (Å²) in [7, 11) is 2.20. The number of benzene rings is 1. The van der Waals surface area contributed by atoms with Crippen molar-refractivity contribution in [1.82, 2.24) is 4.90 Å². The van der Waals surface area contributed by atoms with Crippen molar-refractivity contribution in [3.63, 3.8) is 0 Å². The van der Waals surface area contributed by atoms with E-state index >= 15 is 0 Å². The van der Waals surface area contributed by atoms with E-state index in [1.807, 2.05) is 13.8 Å². The van der Waals surface area contributed by atoms with Gasteiger partial charge < -0.3 is 9.64 Å². The van der Waals surface area contributed by atoms with E-state index < -0.39 is 0 Å². The van der Waals surface area contributed by atoms with Gasteiger partial charge in [0.2, 0.25) is 0 Å². The quantitative estimate of drug-likeness (QED) is 0.683. The molecule has 0 unspecified atom stereocenters. The van der Waals surface area contributed by atoms with E-state index in [2.05, 4.69) is 37.1 Å². The fraction of sp³-hybridized carbons (Fsp3) is 0.600. The smallest absolute Gasteiger partial charge is 0.0598 e. The predicted octanol–water partition coefficient (Wildman–Crippen LogP) is 2.73. The van der Waals surface area contributed by atoms with E-state index in [9.17, 15) is 0 Å². The zero-order valence-electron chi connectivity index (χ0n) is 11.4. The number of likely N-dealkylation sites (N-methyl/N-ethyl adjacent to an activating group) is 1. The molecule has 0 aliphatic carbocycles. The van der Waals surface area contributed by atoms with Crippen molar-refractivity contribution < 1.29 is 4.74 Å². The molecular formula is C15H23NO. The molecule has 0 radical (unpaired) electrons. The van der Waals surface area contributed by atoms with Crippen molar-refractivity contribution in [3.8, 4) is 0 Å². The maximum atomic E-state index is 5.42. The lowest BCUT2D eigenvalue weighted by Gasteiger charge is -2.48. The third-order valence-electron chi connectivity index (χ3n) is 3.60. The van der Waals surface area contributed by atoms with Crippen molar-refractivity contribution >= 4 is 0 Å². The Morgan fingerprint density at radius 3 is 2.53 bits per heavy atom. The second-order valence-electron chi connectivity index (χ2n) is 5.11. The first-order chi connectivity index (χ1) is 8.20. The number of rotatable bonds is 0. The lowest BCUT2D eigenvalue weighted by molar-refractivity contribution is -0.0789. The Labute approximate surface area is 105 Å². The van der Waals surface area contributed by atoms with Crippen molar-refractivity contribution in [3.05, 3.63) is 34.9 Å². The van der Waals surface area contributed by atoms with Gasteiger partial charge in [0.15, 0.2) is 0 Å². The van der Waals surface area contributed by atoms with Gasteiger partial charge in [-0.1, -0.05) is 37.6 Å². The Morgan fingerprint density at radius 1 is 1.24 bits per heavy atom. The maximum absolute atomic E-state index is 5.42. The average Bonchev–Trinajstić information content (AvgIpc) is 2.27. The molecule has 17 heavy (non-hydrogen) atoms. The van der Waals surface area contributed by atoms with Gasteiger partial charge in [-0.3, -0.25) is 0 Å². The van der Waals surface area contributed by atoms with Crippen LogP contribution in [0.4, 0.5) is 0 Å². The molecule has 1 aromatic rings. The molecule has 2 nitrogen and oxygen atoms in total. The zero-order chi connectivity index (χ0) is 12.5. The number of hydrogen-bond donors (Lipinski definition) is 0. The lowest BCUT2D eigenvalue weighted by atomic mass is 9.73. The van der Waals surface area contributed by atoms with Gasteiger partial charge in [0.1, 0.15) is 0 Å². The summed E-state index contributed by atoms with van der Waals surface area (Å²) in [6.45, 7) is 10.2. The molecule has 0 N–H and O–H groups in total. The summed E-state index contributed by atoms with van der Waals surface area (Å²) in [4.78, 5) is 2.41. The van der Waals surface area contributed by atoms with Crippen LogP contribution < -0.4 is 0 Å². The van der Waals surface area contributed by atoms with Crippen LogP contribution in [0.5, 0.6) is 0 Å². The molecule has 1 spiro atoms. The molecule has 0 aromatic heterocycles. The molecule has 2 heteroatoms. The predicted molar refractivity (Wildman–Crippen MR) is 71.4 cm³/mol. The molecule has 0 amide bonds. The first-order valence-electron chi connectivity index (χ1n) is 6.56. The highest BCUT2D eigenvalue weighted by Crippen LogP contribution is 2.39. The SMILES string of the molecule is CC.Cc1ccc2c(c1)CN(C)CC21COC1. The van der Waals surface area contributed by atoms with Crippen LogP contribution in [0.25, 0.3) is 0 Å². The molecule has 0 saturated carbocycles. The molecule has 2 aliphatic heterocycles. The fourth-order valence-electron chi connectivity index (χ4n) is 2.91. The van der Waals surface area contributed by atoms with Crippen LogP contribution in [-0.2, 0) is 16.7 Å². The summed E-state index contributed by atoms with van der Waals surface area (Å²) in [6.07, 6.45) is 0. The topological polar surface area (TPSA) is 12.5 Å². The van der Waals surface area contributed by atoms with Gasteiger partial charge in [-0.15, -0.1) is 0 Å². The number of ether oxygens (including phenoxy) is 1. The molecule has 1 saturated heterocycles. The summed E-state index contributed by atoms with van der Waals surface area (Å²) in [5.41, 5.74) is 4.68. The van der Waals surface area contributed by atoms with Gasteiger partial charge in [-0.2, -0.15) is 0 Å². The van der Waals surface area contributed by atoms with Gasteiger partial charge in [-0.05, 0) is 25.1 Å². The summed E-state index contributed by atoms with van der Waals surface area (Å²) >= 11 is 0. The van der Waals surface area contributed by atoms with Crippen LogP contribution in [0.3, 0.4) is 0 Å². The molecule has 94 valence electrons. The normalized spacial score (nSPS) is 21.2. The largest absolute Gasteiger partial charge is 0.379 e. The lowest BCUT2D eigenvalue weighted by Crippen LogP contribution is -2.56. The summed E-state index contributed by atoms with van der Waals surface area (Å²) < 4.78 is 5.42. The van der Waals surface area contributed by atoms with Crippen molar-refractivity contribution in [2.24, 2.45) is 0 Å². The minimum Gasteiger partial charge on any atom is -0.379 e. The van der Waals surface area contributed by atoms with Crippen molar-refractivity contribution in [2.45, 2.75) is 32.7 Å². The van der Waals surface area contributed by atoms with E-state index in [-0.39, 0.29) is 0 Å². The summed E-state index contributed by atoms with van der Waals surface area (Å²) in [5.74, 6) is 0. The van der Waals surface area contributed by atoms with E-state index in [0.717, 1.165) is 26.3 Å². The van der Waals surface area contributed by atoms with Crippen LogP contribution in [0.1, 0.15) is 30.5 Å². The van der Waals surface area contributed by atoms with Crippen LogP contribution in [0.2, 0.25) is 0 Å². The number of fused-ring (bicyclic) bond motifs is 2. The molecule has 2 heterocycles. The van der Waals surface area contributed by atoms with Crippen LogP contribution >= 0.6 is 0 Å². The van der Waals surface area contributed by atoms with Gasteiger partial charge in [0, 0.05) is 13.1 Å². The molecule has 0 bridgehead atoms. The van der Waals surface area contributed by atoms with Gasteiger partial charge in [0.25, 0.3) is 0 Å². The highest BCUT2D eigenvalue weighted by Gasteiger charge is 2.44. The highest BCUT2D eigenvalue weighted by atomic mass is 16.5. The Balaban J connectivity index is 0.000000514. The minimum absolute atomic E-state index is 0.302. The second kappa shape index (κ2) is 4.79. The third-order valence-corrected chi connectivity index (χ3v) is 3.60. The van der Waals surface area contributed by atoms with Crippen molar-refractivity contribution in [2.75, 3.05) is 26.8 Å². The summed E-state index contributed by atoms with van der Waals surface area (Å²) in [6, 6.07) is 6.86. The molecule has 3 rings (SSSR count). The first kappa shape index (κ1) is 12.6. The zero-order valence-corrected chi connectivity index (χ0v) is 11.4. The molecule has 0 atom stereocenters. The van der Waals surface area contributed by atoms with E-state index in [1.54, 1.807) is 0 Å². The van der Waals surface area contributed by atoms with Gasteiger partial charge in [-0.25, -0.2) is 0 Å². The molecule has 1 fully saturated rings. The van der Waals surface area contributed by atoms with Crippen LogP contribution in [0.15, 0.2) is 18.2 Å². The van der Waals surface area contributed by atoms with E-state index in [1.165, 1.54) is 16.7 Å². The second-order valence-corrected chi connectivity index (χ2v) is 5.11. The Hall–Kier alpha value is -0.860. The Bertz CT molecular complexity index is 396. The fourth-order valence-corrected chi connectivity index (χ4v) is 2.91. The maximum Gasteiger partial charge on any atom is 0.0598 e. The minimum atomic E-state index is 0.302. The monoisotopic (exact) mass is 233 g/mol. The average molecular weight is 233 g/mol. The standard InChI is InChI=1S/C13H17NO.C2H6/c1-10-3-4-12-11(5-10)6-14(2)7-13(12)8-15-9-13;1-2/h3-5H,6-9H2,1-2H3;1-2H3. The Kier molecular flexibility index (Phi) is 3.55. The molecule has 2 aliphatic rings. The van der Waals surface area contributed by atoms with Crippen LogP contribution in [-0.4, -0.2) is 31.7 Å². The van der Waals surface area contributed by atoms with E-state index in [0.29, 0.717) is 5.41 Å². The van der Waals surface area contributed by atoms with Crippen molar-refractivity contribution in [1.29, 1.82) is 0 Å². The molecular weight excluding hydrogens is 210 g/mol. The van der Waals surface area contributed by atoms with Gasteiger partial charge in [0.05, 0.1) is 18.6 Å². The van der Waals surface area contributed by atoms with Gasteiger partial charge >= 0.3 is 0 Å². The highest BCUT2D eigenvalue weighted by molar-refractivity contribution is 5.41.